The number of hydrogen-bond donors (Lipinski definition) is 3. The Hall–Kier alpha value is -2.85. The highest BCUT2D eigenvalue weighted by Gasteiger charge is 2.41. The van der Waals surface area contributed by atoms with Gasteiger partial charge in [-0.2, -0.15) is 0 Å². The third kappa shape index (κ3) is 7.83. The minimum atomic E-state index is -0.827. The summed E-state index contributed by atoms with van der Waals surface area (Å²) in [6.45, 7) is 6.35. The maximum atomic E-state index is 12.9. The first-order valence-corrected chi connectivity index (χ1v) is 13.4. The molecule has 0 bridgehead atoms. The second-order valence-corrected chi connectivity index (χ2v) is 10.7. The predicted octanol–water partition coefficient (Wildman–Crippen LogP) is 3.34. The lowest BCUT2D eigenvalue weighted by molar-refractivity contribution is 0.00157. The molecule has 9 heteroatoms. The normalized spacial score (nSPS) is 22.3. The molecular weight excluding hydrogens is 486 g/mol. The van der Waals surface area contributed by atoms with Gasteiger partial charge >= 0.3 is 6.09 Å². The maximum Gasteiger partial charge on any atom is 0.407 e. The smallest absolute Gasteiger partial charge is 0.407 e. The first-order chi connectivity index (χ1) is 18.3. The number of hydrogen-bond acceptors (Lipinski definition) is 8. The van der Waals surface area contributed by atoms with E-state index in [1.165, 1.54) is 0 Å². The zero-order valence-electron chi connectivity index (χ0n) is 22.5. The predicted molar refractivity (Wildman–Crippen MR) is 145 cm³/mol. The van der Waals surface area contributed by atoms with E-state index >= 15 is 0 Å². The average molecular weight is 528 g/mol. The number of nitrogen functional groups attached to an aromatic ring is 1. The second kappa shape index (κ2) is 13.3. The molecule has 1 unspecified atom stereocenters. The summed E-state index contributed by atoms with van der Waals surface area (Å²) in [4.78, 5) is 15.1. The number of methoxy groups -OCH3 is 1. The first kappa shape index (κ1) is 28.2. The number of alkyl carbamates (subject to hydrolysis) is 1. The van der Waals surface area contributed by atoms with Gasteiger partial charge in [-0.05, 0) is 35.6 Å². The lowest BCUT2D eigenvalue weighted by Gasteiger charge is -2.31. The van der Waals surface area contributed by atoms with Crippen LogP contribution in [0.5, 0.6) is 5.75 Å². The van der Waals surface area contributed by atoms with Crippen LogP contribution >= 0.6 is 0 Å². The fraction of sp³-hybridized carbons (Fsp3) is 0.552. The van der Waals surface area contributed by atoms with Gasteiger partial charge in [0.1, 0.15) is 18.6 Å². The van der Waals surface area contributed by atoms with Crippen molar-refractivity contribution in [3.8, 4) is 5.75 Å². The van der Waals surface area contributed by atoms with Crippen molar-refractivity contribution in [2.45, 2.75) is 70.1 Å². The molecular formula is C29H41N3O6. The number of nitrogens with one attached hydrogen (secondary N) is 1. The number of nitrogens with zero attached hydrogens (tertiary/aromatic N) is 1. The molecule has 4 rings (SSSR count). The zero-order valence-corrected chi connectivity index (χ0v) is 22.5. The Balaban J connectivity index is 1.43. The molecule has 2 aliphatic rings. The van der Waals surface area contributed by atoms with Crippen LogP contribution in [-0.4, -0.2) is 73.5 Å². The third-order valence-electron chi connectivity index (χ3n) is 7.08. The van der Waals surface area contributed by atoms with E-state index in [0.717, 1.165) is 17.7 Å². The van der Waals surface area contributed by atoms with Crippen LogP contribution in [0.1, 0.15) is 37.8 Å². The number of ether oxygens (including phenoxy) is 4. The van der Waals surface area contributed by atoms with Crippen LogP contribution in [0, 0.1) is 5.92 Å². The van der Waals surface area contributed by atoms with E-state index in [0.29, 0.717) is 56.5 Å². The summed E-state index contributed by atoms with van der Waals surface area (Å²) >= 11 is 0. The number of benzene rings is 2. The summed E-state index contributed by atoms with van der Waals surface area (Å²) in [6.07, 6.45) is 0.0575. The van der Waals surface area contributed by atoms with Crippen molar-refractivity contribution in [2.75, 3.05) is 32.7 Å². The van der Waals surface area contributed by atoms with Crippen LogP contribution in [0.4, 0.5) is 10.5 Å². The van der Waals surface area contributed by atoms with E-state index < -0.39 is 18.2 Å². The molecule has 0 radical (unpaired) electrons. The van der Waals surface area contributed by atoms with Gasteiger partial charge in [0.05, 0.1) is 37.2 Å². The Morgan fingerprint density at radius 3 is 2.47 bits per heavy atom. The molecule has 9 nitrogen and oxygen atoms in total. The average Bonchev–Trinajstić information content (AvgIpc) is 3.47. The molecule has 1 saturated heterocycles. The molecule has 0 spiro atoms. The summed E-state index contributed by atoms with van der Waals surface area (Å²) < 4.78 is 22.2. The lowest BCUT2D eigenvalue weighted by Crippen LogP contribution is -2.50. The zero-order chi connectivity index (χ0) is 27.1. The van der Waals surface area contributed by atoms with Crippen LogP contribution in [0.25, 0.3) is 0 Å². The van der Waals surface area contributed by atoms with Gasteiger partial charge in [0.15, 0.2) is 0 Å². The van der Waals surface area contributed by atoms with Crippen LogP contribution < -0.4 is 15.8 Å². The van der Waals surface area contributed by atoms with Crippen molar-refractivity contribution >= 4 is 11.8 Å². The highest BCUT2D eigenvalue weighted by atomic mass is 16.7. The first-order valence-electron chi connectivity index (χ1n) is 13.4. The van der Waals surface area contributed by atoms with Crippen molar-refractivity contribution < 1.29 is 28.8 Å². The molecule has 38 heavy (non-hydrogen) atoms. The van der Waals surface area contributed by atoms with Gasteiger partial charge in [-0.25, -0.2) is 4.79 Å². The summed E-state index contributed by atoms with van der Waals surface area (Å²) in [5, 5.41) is 14.4. The molecule has 2 aromatic carbocycles. The van der Waals surface area contributed by atoms with Crippen molar-refractivity contribution in [1.29, 1.82) is 0 Å². The Kier molecular flexibility index (Phi) is 9.85. The topological polar surface area (TPSA) is 116 Å². The van der Waals surface area contributed by atoms with E-state index in [4.69, 9.17) is 24.7 Å². The number of aliphatic hydroxyl groups is 1. The summed E-state index contributed by atoms with van der Waals surface area (Å²) in [5.74, 6) is 1.01. The van der Waals surface area contributed by atoms with Gasteiger partial charge in [-0.3, -0.25) is 4.90 Å². The van der Waals surface area contributed by atoms with Gasteiger partial charge < -0.3 is 35.1 Å². The van der Waals surface area contributed by atoms with Gasteiger partial charge in [0.25, 0.3) is 0 Å². The SMILES string of the molecule is COc1cc(CN(CC(C)C)C[C@@H](O)[C@H](Cc2ccccc2)NC(=O)OC2C[C@@H]3OCO[C@@H]3C2)ccc1N. The largest absolute Gasteiger partial charge is 0.495 e. The quantitative estimate of drug-likeness (QED) is 0.360. The maximum absolute atomic E-state index is 12.9. The number of carbonyl (C=O) groups excluding carboxylic acids is 1. The lowest BCUT2D eigenvalue weighted by atomic mass is 10.00. The number of rotatable bonds is 12. The Labute approximate surface area is 225 Å². The van der Waals surface area contributed by atoms with Crippen LogP contribution in [0.3, 0.4) is 0 Å². The fourth-order valence-corrected chi connectivity index (χ4v) is 5.29. The molecule has 5 atom stereocenters. The number of carbonyl (C=O) groups is 1. The molecule has 0 aromatic heterocycles. The van der Waals surface area contributed by atoms with Crippen LogP contribution in [0.2, 0.25) is 0 Å². The Morgan fingerprint density at radius 1 is 1.11 bits per heavy atom. The number of aliphatic hydroxyl groups excluding tert-OH is 1. The van der Waals surface area contributed by atoms with Crippen molar-refractivity contribution in [3.05, 3.63) is 59.7 Å². The number of fused-ring (bicyclic) bond motifs is 1. The summed E-state index contributed by atoms with van der Waals surface area (Å²) in [7, 11) is 1.60. The molecule has 1 amide bonds. The Morgan fingerprint density at radius 2 is 1.82 bits per heavy atom. The third-order valence-corrected chi connectivity index (χ3v) is 7.08. The summed E-state index contributed by atoms with van der Waals surface area (Å²) in [6, 6.07) is 15.0. The van der Waals surface area contributed by atoms with Crippen molar-refractivity contribution in [1.82, 2.24) is 10.2 Å². The Bertz CT molecular complexity index is 1020. The molecule has 2 fully saturated rings. The highest BCUT2D eigenvalue weighted by molar-refractivity contribution is 5.68. The van der Waals surface area contributed by atoms with Gasteiger partial charge in [0.2, 0.25) is 0 Å². The van der Waals surface area contributed by atoms with E-state index in [1.54, 1.807) is 7.11 Å². The summed E-state index contributed by atoms with van der Waals surface area (Å²) in [5.41, 5.74) is 8.63. The minimum Gasteiger partial charge on any atom is -0.495 e. The van der Waals surface area contributed by atoms with E-state index in [1.807, 2.05) is 48.5 Å². The van der Waals surface area contributed by atoms with Crippen LogP contribution in [-0.2, 0) is 27.2 Å². The molecule has 1 aliphatic carbocycles. The van der Waals surface area contributed by atoms with Gasteiger partial charge in [-0.15, -0.1) is 0 Å². The van der Waals surface area contributed by atoms with Crippen LogP contribution in [0.15, 0.2) is 48.5 Å². The highest BCUT2D eigenvalue weighted by Crippen LogP contribution is 2.31. The number of nitrogens with two attached hydrogens (primary N) is 1. The van der Waals surface area contributed by atoms with E-state index in [2.05, 4.69) is 24.1 Å². The fourth-order valence-electron chi connectivity index (χ4n) is 5.29. The number of anilines is 1. The van der Waals surface area contributed by atoms with Crippen molar-refractivity contribution in [2.24, 2.45) is 5.92 Å². The second-order valence-electron chi connectivity index (χ2n) is 10.7. The van der Waals surface area contributed by atoms with Gasteiger partial charge in [-0.1, -0.05) is 50.2 Å². The van der Waals surface area contributed by atoms with Crippen molar-refractivity contribution in [3.63, 3.8) is 0 Å². The molecule has 2 aromatic rings. The van der Waals surface area contributed by atoms with E-state index in [-0.39, 0.29) is 18.3 Å². The standard InChI is InChI=1S/C29H41N3O6/c1-19(2)15-32(16-21-9-10-23(30)26(12-21)35-3)17-25(33)24(11-20-7-5-4-6-8-20)31-29(34)38-22-13-27-28(14-22)37-18-36-27/h4-10,12,19,22,24-25,27-28,33H,11,13-18,30H2,1-3H3,(H,31,34)/t22?,24-,25+,27-,28+/m0/s1. The number of amides is 1. The molecule has 1 aliphatic heterocycles. The molecule has 4 N–H and O–H groups in total. The van der Waals surface area contributed by atoms with Gasteiger partial charge in [0, 0.05) is 32.5 Å². The van der Waals surface area contributed by atoms with E-state index in [9.17, 15) is 9.90 Å². The minimum absolute atomic E-state index is 0.0185. The molecule has 1 saturated carbocycles. The monoisotopic (exact) mass is 527 g/mol. The molecule has 1 heterocycles. The molecule has 208 valence electrons.